The molecule has 0 spiro atoms. The van der Waals surface area contributed by atoms with Crippen LogP contribution in [-0.2, 0) is 0 Å². The molecule has 1 radical (unpaired) electrons. The molecule has 0 saturated carbocycles. The average Bonchev–Trinajstić information content (AvgIpc) is 1.86. The molecule has 3 heteroatoms. The molecule has 1 rings (SSSR count). The summed E-state index contributed by atoms with van der Waals surface area (Å²) in [5, 5.41) is 0.440. The Morgan fingerprint density at radius 1 is 1.83 bits per heavy atom. The Bertz CT molecular complexity index is 114. The summed E-state index contributed by atoms with van der Waals surface area (Å²) in [6.07, 6.45) is 2.79. The van der Waals surface area contributed by atoms with Crippen LogP contribution < -0.4 is 0 Å². The molecule has 6 heavy (non-hydrogen) atoms. The molecule has 1 aromatic rings. The SMILES string of the molecule is [S]c1cnco1. The van der Waals surface area contributed by atoms with Crippen molar-refractivity contribution < 1.29 is 4.42 Å². The van der Waals surface area contributed by atoms with Crippen LogP contribution in [0.2, 0.25) is 0 Å². The molecule has 0 aliphatic carbocycles. The molecule has 1 heterocycles. The Morgan fingerprint density at radius 3 is 2.83 bits per heavy atom. The van der Waals surface area contributed by atoms with Gasteiger partial charge in [0.1, 0.15) is 0 Å². The smallest absolute Gasteiger partial charge is 0.210 e. The first-order valence-electron chi connectivity index (χ1n) is 1.45. The molecule has 0 N–H and O–H groups in total. The van der Waals surface area contributed by atoms with E-state index in [1.54, 1.807) is 0 Å². The first kappa shape index (κ1) is 3.61. The first-order valence-corrected chi connectivity index (χ1v) is 1.86. The van der Waals surface area contributed by atoms with Gasteiger partial charge in [0, 0.05) is 0 Å². The predicted octanol–water partition coefficient (Wildman–Crippen LogP) is 1.23. The van der Waals surface area contributed by atoms with Gasteiger partial charge in [-0.15, -0.1) is 0 Å². The lowest BCUT2D eigenvalue weighted by molar-refractivity contribution is 0.471. The fourth-order valence-corrected chi connectivity index (χ4v) is 0.308. The fraction of sp³-hybridized carbons (Fsp3) is 0. The van der Waals surface area contributed by atoms with Gasteiger partial charge in [-0.25, -0.2) is 4.98 Å². The van der Waals surface area contributed by atoms with Gasteiger partial charge in [0.25, 0.3) is 0 Å². The van der Waals surface area contributed by atoms with Gasteiger partial charge in [-0.05, 0) is 12.6 Å². The number of rotatable bonds is 0. The second-order valence-electron chi connectivity index (χ2n) is 0.820. The summed E-state index contributed by atoms with van der Waals surface area (Å²) in [6, 6.07) is 0. The Hall–Kier alpha value is -0.570. The Labute approximate surface area is 40.6 Å². The molecule has 0 unspecified atom stereocenters. The third-order valence-corrected chi connectivity index (χ3v) is 0.611. The Morgan fingerprint density at radius 2 is 2.67 bits per heavy atom. The van der Waals surface area contributed by atoms with Crippen LogP contribution in [0.3, 0.4) is 0 Å². The lowest BCUT2D eigenvalue weighted by Gasteiger charge is -1.62. The van der Waals surface area contributed by atoms with Crippen molar-refractivity contribution in [1.82, 2.24) is 4.98 Å². The molecule has 0 fully saturated rings. The maximum Gasteiger partial charge on any atom is 0.210 e. The zero-order valence-corrected chi connectivity index (χ0v) is 3.73. The van der Waals surface area contributed by atoms with Gasteiger partial charge in [0.15, 0.2) is 6.39 Å². The third kappa shape index (κ3) is 0.490. The molecule has 31 valence electrons. The molecule has 0 saturated heterocycles. The zero-order chi connectivity index (χ0) is 4.41. The highest BCUT2D eigenvalue weighted by molar-refractivity contribution is 7.80. The largest absolute Gasteiger partial charge is 0.433 e. The summed E-state index contributed by atoms with van der Waals surface area (Å²) in [6.45, 7) is 0. The summed E-state index contributed by atoms with van der Waals surface area (Å²) in [5.41, 5.74) is 0. The third-order valence-electron chi connectivity index (χ3n) is 0.410. The minimum Gasteiger partial charge on any atom is -0.433 e. The van der Waals surface area contributed by atoms with E-state index in [4.69, 9.17) is 0 Å². The van der Waals surface area contributed by atoms with E-state index in [9.17, 15) is 0 Å². The molecule has 0 aliphatic rings. The monoisotopic (exact) mass is 100.0 g/mol. The van der Waals surface area contributed by atoms with Gasteiger partial charge >= 0.3 is 0 Å². The van der Waals surface area contributed by atoms with Crippen LogP contribution >= 0.6 is 12.6 Å². The van der Waals surface area contributed by atoms with Gasteiger partial charge < -0.3 is 4.42 Å². The van der Waals surface area contributed by atoms with Crippen molar-refractivity contribution in [3.05, 3.63) is 12.6 Å². The number of oxazole rings is 1. The van der Waals surface area contributed by atoms with E-state index >= 15 is 0 Å². The van der Waals surface area contributed by atoms with E-state index < -0.39 is 0 Å². The Kier molecular flexibility index (Phi) is 0.759. The van der Waals surface area contributed by atoms with Gasteiger partial charge in [-0.1, -0.05) is 0 Å². The lowest BCUT2D eigenvalue weighted by Crippen LogP contribution is -1.43. The van der Waals surface area contributed by atoms with Crippen LogP contribution in [0.25, 0.3) is 0 Å². The summed E-state index contributed by atoms with van der Waals surface area (Å²) in [7, 11) is 0. The van der Waals surface area contributed by atoms with E-state index in [0.717, 1.165) is 0 Å². The van der Waals surface area contributed by atoms with E-state index in [0.29, 0.717) is 5.09 Å². The van der Waals surface area contributed by atoms with Gasteiger partial charge in [-0.3, -0.25) is 0 Å². The van der Waals surface area contributed by atoms with E-state index in [1.165, 1.54) is 12.6 Å². The minimum atomic E-state index is 0.440. The number of hydrogen-bond donors (Lipinski definition) is 0. The van der Waals surface area contributed by atoms with Crippen molar-refractivity contribution >= 4 is 12.6 Å². The number of hydrogen-bond acceptors (Lipinski definition) is 2. The standard InChI is InChI=1S/C3H2NOS/c6-3-1-4-2-5-3/h1-2H. The maximum absolute atomic E-state index is 4.54. The van der Waals surface area contributed by atoms with Crippen molar-refractivity contribution in [2.24, 2.45) is 0 Å². The van der Waals surface area contributed by atoms with Crippen LogP contribution in [0.1, 0.15) is 0 Å². The highest BCUT2D eigenvalue weighted by atomic mass is 32.1. The fourth-order valence-electron chi connectivity index (χ4n) is 0.204. The molecular weight excluding hydrogens is 98.1 g/mol. The summed E-state index contributed by atoms with van der Waals surface area (Å²) in [4.78, 5) is 3.55. The molecule has 0 amide bonds. The zero-order valence-electron chi connectivity index (χ0n) is 2.92. The van der Waals surface area contributed by atoms with E-state index in [1.807, 2.05) is 0 Å². The van der Waals surface area contributed by atoms with Crippen molar-refractivity contribution in [2.75, 3.05) is 0 Å². The summed E-state index contributed by atoms with van der Waals surface area (Å²) >= 11 is 4.52. The van der Waals surface area contributed by atoms with Crippen LogP contribution in [0.5, 0.6) is 0 Å². The molecule has 0 atom stereocenters. The Balaban J connectivity index is 3.05. The maximum atomic E-state index is 4.54. The van der Waals surface area contributed by atoms with E-state index in [2.05, 4.69) is 22.0 Å². The topological polar surface area (TPSA) is 26.0 Å². The second-order valence-corrected chi connectivity index (χ2v) is 1.22. The van der Waals surface area contributed by atoms with Crippen LogP contribution in [0.15, 0.2) is 22.1 Å². The molecule has 1 aromatic heterocycles. The number of nitrogens with zero attached hydrogens (tertiary/aromatic N) is 1. The summed E-state index contributed by atoms with van der Waals surface area (Å²) in [5.74, 6) is 0. The van der Waals surface area contributed by atoms with Crippen LogP contribution in [-0.4, -0.2) is 4.98 Å². The normalized spacial score (nSPS) is 8.67. The predicted molar refractivity (Wildman–Crippen MR) is 22.4 cm³/mol. The first-order chi connectivity index (χ1) is 2.89. The second kappa shape index (κ2) is 1.26. The van der Waals surface area contributed by atoms with Crippen LogP contribution in [0, 0.1) is 0 Å². The van der Waals surface area contributed by atoms with Crippen molar-refractivity contribution in [3.63, 3.8) is 0 Å². The van der Waals surface area contributed by atoms with Crippen LogP contribution in [0.4, 0.5) is 0 Å². The minimum absolute atomic E-state index is 0.440. The van der Waals surface area contributed by atoms with Gasteiger partial charge in [0.2, 0.25) is 5.09 Å². The molecular formula is C3H2NOS. The van der Waals surface area contributed by atoms with Crippen molar-refractivity contribution in [1.29, 1.82) is 0 Å². The number of aromatic nitrogens is 1. The molecule has 2 nitrogen and oxygen atoms in total. The highest BCUT2D eigenvalue weighted by Gasteiger charge is 1.80. The molecule has 0 aromatic carbocycles. The summed E-state index contributed by atoms with van der Waals surface area (Å²) < 4.78 is 4.54. The molecule has 0 bridgehead atoms. The highest BCUT2D eigenvalue weighted by Crippen LogP contribution is 1.98. The van der Waals surface area contributed by atoms with Gasteiger partial charge in [-0.2, -0.15) is 0 Å². The quantitative estimate of drug-likeness (QED) is 0.490. The van der Waals surface area contributed by atoms with E-state index in [-0.39, 0.29) is 0 Å². The van der Waals surface area contributed by atoms with Crippen molar-refractivity contribution in [3.8, 4) is 0 Å². The average molecular weight is 100 g/mol. The van der Waals surface area contributed by atoms with Crippen molar-refractivity contribution in [2.45, 2.75) is 5.09 Å². The van der Waals surface area contributed by atoms with Gasteiger partial charge in [0.05, 0.1) is 6.20 Å². The lowest BCUT2D eigenvalue weighted by atomic mass is 11.0. The molecule has 0 aliphatic heterocycles.